The van der Waals surface area contributed by atoms with Gasteiger partial charge in [-0.05, 0) is 51.2 Å². The third-order valence-corrected chi connectivity index (χ3v) is 4.56. The van der Waals surface area contributed by atoms with E-state index in [1.807, 2.05) is 39.0 Å². The third-order valence-electron chi connectivity index (χ3n) is 4.56. The van der Waals surface area contributed by atoms with E-state index in [1.165, 1.54) is 5.56 Å². The van der Waals surface area contributed by atoms with E-state index in [0.717, 1.165) is 29.8 Å². The van der Waals surface area contributed by atoms with Crippen LogP contribution in [-0.2, 0) is 17.6 Å². The maximum Gasteiger partial charge on any atom is 0.252 e. The highest BCUT2D eigenvalue weighted by Crippen LogP contribution is 2.15. The average Bonchev–Trinajstić information content (AvgIpc) is 3.00. The summed E-state index contributed by atoms with van der Waals surface area (Å²) in [6, 6.07) is 10.3. The van der Waals surface area contributed by atoms with E-state index in [0.29, 0.717) is 31.0 Å². The topological polar surface area (TPSA) is 72.2 Å². The molecule has 0 unspecified atom stereocenters. The lowest BCUT2D eigenvalue weighted by atomic mass is 10.1. The first kappa shape index (κ1) is 18.0. The zero-order valence-corrected chi connectivity index (χ0v) is 15.6. The summed E-state index contributed by atoms with van der Waals surface area (Å²) in [4.78, 5) is 21.0. The van der Waals surface area contributed by atoms with Crippen molar-refractivity contribution in [3.8, 4) is 0 Å². The first-order chi connectivity index (χ1) is 12.5. The number of rotatable bonds is 7. The van der Waals surface area contributed by atoms with Crippen LogP contribution in [0.2, 0.25) is 0 Å². The second-order valence-electron chi connectivity index (χ2n) is 6.57. The van der Waals surface area contributed by atoms with E-state index in [1.54, 1.807) is 4.52 Å². The predicted molar refractivity (Wildman–Crippen MR) is 101 cm³/mol. The highest BCUT2D eigenvalue weighted by atomic mass is 16.1. The van der Waals surface area contributed by atoms with E-state index in [4.69, 9.17) is 0 Å². The Morgan fingerprint density at radius 2 is 1.85 bits per heavy atom. The molecule has 2 aromatic heterocycles. The molecule has 1 amide bonds. The van der Waals surface area contributed by atoms with Crippen molar-refractivity contribution in [2.45, 2.75) is 46.5 Å². The fourth-order valence-electron chi connectivity index (χ4n) is 3.16. The molecule has 3 aromatic rings. The van der Waals surface area contributed by atoms with Crippen molar-refractivity contribution in [3.05, 3.63) is 58.7 Å². The summed E-state index contributed by atoms with van der Waals surface area (Å²) in [6.07, 6.45) is 3.03. The van der Waals surface area contributed by atoms with Gasteiger partial charge in [0.15, 0.2) is 0 Å². The van der Waals surface area contributed by atoms with Gasteiger partial charge in [0.05, 0.1) is 0 Å². The summed E-state index contributed by atoms with van der Waals surface area (Å²) in [7, 11) is 0. The molecule has 0 fully saturated rings. The van der Waals surface area contributed by atoms with E-state index in [2.05, 4.69) is 32.5 Å². The van der Waals surface area contributed by atoms with E-state index in [-0.39, 0.29) is 5.91 Å². The summed E-state index contributed by atoms with van der Waals surface area (Å²) < 4.78 is 1.76. The lowest BCUT2D eigenvalue weighted by molar-refractivity contribution is -0.121. The van der Waals surface area contributed by atoms with E-state index >= 15 is 0 Å². The minimum atomic E-state index is 0.0757. The number of carbonyl (C=O) groups excluding carboxylic acids is 1. The molecule has 2 heterocycles. The van der Waals surface area contributed by atoms with Crippen LogP contribution < -0.4 is 5.32 Å². The Balaban J connectivity index is 1.50. The van der Waals surface area contributed by atoms with Gasteiger partial charge in [0, 0.05) is 24.4 Å². The maximum absolute atomic E-state index is 12.2. The summed E-state index contributed by atoms with van der Waals surface area (Å²) in [5.41, 5.74) is 4.29. The van der Waals surface area contributed by atoms with Gasteiger partial charge in [0.2, 0.25) is 5.91 Å². The van der Waals surface area contributed by atoms with Crippen molar-refractivity contribution < 1.29 is 4.79 Å². The number of aryl methyl sites for hydroxylation is 4. The lowest BCUT2D eigenvalue weighted by Gasteiger charge is -2.10. The van der Waals surface area contributed by atoms with Crippen LogP contribution in [0.4, 0.5) is 0 Å². The summed E-state index contributed by atoms with van der Waals surface area (Å²) >= 11 is 0. The lowest BCUT2D eigenvalue weighted by Crippen LogP contribution is -2.25. The van der Waals surface area contributed by atoms with Crippen molar-refractivity contribution in [3.63, 3.8) is 0 Å². The van der Waals surface area contributed by atoms with Crippen molar-refractivity contribution in [1.82, 2.24) is 24.9 Å². The largest absolute Gasteiger partial charge is 0.356 e. The smallest absolute Gasteiger partial charge is 0.252 e. The number of carbonyl (C=O) groups is 1. The Kier molecular flexibility index (Phi) is 5.61. The number of nitrogens with one attached hydrogen (secondary N) is 1. The molecule has 0 saturated carbocycles. The van der Waals surface area contributed by atoms with Crippen LogP contribution in [-0.4, -0.2) is 32.0 Å². The molecule has 0 aliphatic rings. The number of amides is 1. The van der Waals surface area contributed by atoms with Crippen LogP contribution in [0.25, 0.3) is 5.78 Å². The fourth-order valence-corrected chi connectivity index (χ4v) is 3.16. The zero-order chi connectivity index (χ0) is 18.5. The molecule has 0 radical (unpaired) electrons. The van der Waals surface area contributed by atoms with Crippen LogP contribution in [0.3, 0.4) is 0 Å². The molecule has 0 aliphatic heterocycles. The van der Waals surface area contributed by atoms with Gasteiger partial charge >= 0.3 is 0 Å². The molecule has 26 heavy (non-hydrogen) atoms. The van der Waals surface area contributed by atoms with Gasteiger partial charge < -0.3 is 5.32 Å². The van der Waals surface area contributed by atoms with Crippen LogP contribution >= 0.6 is 0 Å². The molecule has 0 aliphatic carbocycles. The molecule has 0 bridgehead atoms. The highest BCUT2D eigenvalue weighted by molar-refractivity contribution is 5.76. The fraction of sp³-hybridized carbons (Fsp3) is 0.400. The van der Waals surface area contributed by atoms with Crippen LogP contribution in [0, 0.1) is 20.8 Å². The standard InChI is InChI=1S/C20H25N5O/c1-14-18(15(2)25-20(22-14)23-16(3)24-25)11-12-19(26)21-13-7-10-17-8-5-4-6-9-17/h4-6,8-9H,7,10-13H2,1-3H3,(H,21,26). The van der Waals surface area contributed by atoms with Gasteiger partial charge in [-0.25, -0.2) is 9.50 Å². The first-order valence-electron chi connectivity index (χ1n) is 9.04. The molecule has 6 nitrogen and oxygen atoms in total. The SMILES string of the molecule is Cc1nc2nc(C)c(CCC(=O)NCCCc3ccccc3)c(C)n2n1. The second kappa shape index (κ2) is 8.08. The number of benzene rings is 1. The highest BCUT2D eigenvalue weighted by Gasteiger charge is 2.13. The summed E-state index contributed by atoms with van der Waals surface area (Å²) in [5.74, 6) is 1.40. The molecular weight excluding hydrogens is 326 g/mol. The normalized spacial score (nSPS) is 11.0. The van der Waals surface area contributed by atoms with Gasteiger partial charge in [0.1, 0.15) is 5.82 Å². The second-order valence-corrected chi connectivity index (χ2v) is 6.57. The molecular formula is C20H25N5O. The Morgan fingerprint density at radius 3 is 2.62 bits per heavy atom. The van der Waals surface area contributed by atoms with E-state index < -0.39 is 0 Å². The molecule has 1 N–H and O–H groups in total. The number of hydrogen-bond donors (Lipinski definition) is 1. The molecule has 136 valence electrons. The molecule has 1 aromatic carbocycles. The maximum atomic E-state index is 12.2. The number of fused-ring (bicyclic) bond motifs is 1. The van der Waals surface area contributed by atoms with Crippen LogP contribution in [0.1, 0.15) is 41.2 Å². The Labute approximate surface area is 153 Å². The van der Waals surface area contributed by atoms with E-state index in [9.17, 15) is 4.79 Å². The average molecular weight is 351 g/mol. The first-order valence-corrected chi connectivity index (χ1v) is 9.04. The molecule has 3 rings (SSSR count). The predicted octanol–water partition coefficient (Wildman–Crippen LogP) is 2.73. The van der Waals surface area contributed by atoms with Gasteiger partial charge in [0.25, 0.3) is 5.78 Å². The molecule has 6 heteroatoms. The van der Waals surface area contributed by atoms with Gasteiger partial charge in [-0.3, -0.25) is 4.79 Å². The quantitative estimate of drug-likeness (QED) is 0.664. The van der Waals surface area contributed by atoms with Gasteiger partial charge in [-0.2, -0.15) is 10.1 Å². The Morgan fingerprint density at radius 1 is 1.08 bits per heavy atom. The minimum Gasteiger partial charge on any atom is -0.356 e. The van der Waals surface area contributed by atoms with Crippen molar-refractivity contribution >= 4 is 11.7 Å². The number of aromatic nitrogens is 4. The van der Waals surface area contributed by atoms with Crippen molar-refractivity contribution in [1.29, 1.82) is 0 Å². The molecule has 0 saturated heterocycles. The molecule has 0 atom stereocenters. The third kappa shape index (κ3) is 4.25. The summed E-state index contributed by atoms with van der Waals surface area (Å²) in [6.45, 7) is 6.52. The van der Waals surface area contributed by atoms with Crippen LogP contribution in [0.5, 0.6) is 0 Å². The van der Waals surface area contributed by atoms with Crippen molar-refractivity contribution in [2.75, 3.05) is 6.54 Å². The number of nitrogens with zero attached hydrogens (tertiary/aromatic N) is 4. The Hall–Kier alpha value is -2.76. The summed E-state index contributed by atoms with van der Waals surface area (Å²) in [5, 5.41) is 7.38. The minimum absolute atomic E-state index is 0.0757. The monoisotopic (exact) mass is 351 g/mol. The van der Waals surface area contributed by atoms with Gasteiger partial charge in [-0.15, -0.1) is 0 Å². The van der Waals surface area contributed by atoms with Crippen molar-refractivity contribution in [2.24, 2.45) is 0 Å². The van der Waals surface area contributed by atoms with Gasteiger partial charge in [-0.1, -0.05) is 30.3 Å². The Bertz CT molecular complexity index is 901. The van der Waals surface area contributed by atoms with Crippen LogP contribution in [0.15, 0.2) is 30.3 Å². The number of hydrogen-bond acceptors (Lipinski definition) is 4. The molecule has 0 spiro atoms. The zero-order valence-electron chi connectivity index (χ0n) is 15.6.